The fourth-order valence-electron chi connectivity index (χ4n) is 0.663. The zero-order valence-corrected chi connectivity index (χ0v) is 7.77. The Bertz CT molecular complexity index is 243. The van der Waals surface area contributed by atoms with Gasteiger partial charge in [-0.05, 0) is 12.1 Å². The molecule has 3 N–H and O–H groups in total. The van der Waals surface area contributed by atoms with Crippen LogP contribution in [0.5, 0.6) is 0 Å². The van der Waals surface area contributed by atoms with Gasteiger partial charge in [0.05, 0.1) is 5.69 Å². The molecule has 0 aromatic heterocycles. The van der Waals surface area contributed by atoms with Crippen LogP contribution >= 0.6 is 0 Å². The van der Waals surface area contributed by atoms with Crippen LogP contribution in [-0.4, -0.2) is 18.1 Å². The molecule has 0 unspecified atom stereocenters. The zero-order chi connectivity index (χ0) is 10.3. The smallest absolute Gasteiger partial charge is 0.300 e. The first-order valence-corrected chi connectivity index (χ1v) is 3.77. The van der Waals surface area contributed by atoms with E-state index in [2.05, 4.69) is 0 Å². The van der Waals surface area contributed by atoms with Crippen molar-refractivity contribution in [2.24, 2.45) is 5.84 Å². The third kappa shape index (κ3) is 6.83. The minimum Gasteiger partial charge on any atom is -0.481 e. The van der Waals surface area contributed by atoms with E-state index in [0.29, 0.717) is 0 Å². The third-order valence-corrected chi connectivity index (χ3v) is 1.16. The number of hydrogen-bond donors (Lipinski definition) is 2. The maximum Gasteiger partial charge on any atom is 0.300 e. The Morgan fingerprint density at radius 1 is 1.38 bits per heavy atom. The summed E-state index contributed by atoms with van der Waals surface area (Å²) in [7, 11) is 1.81. The molecule has 1 rings (SSSR count). The number of aliphatic carboxylic acids is 1. The van der Waals surface area contributed by atoms with Crippen molar-refractivity contribution in [2.75, 3.05) is 12.1 Å². The number of hydrazine groups is 1. The van der Waals surface area contributed by atoms with E-state index >= 15 is 0 Å². The van der Waals surface area contributed by atoms with Crippen LogP contribution < -0.4 is 10.9 Å². The number of carboxylic acid groups (broad SMARTS) is 1. The van der Waals surface area contributed by atoms with Crippen molar-refractivity contribution in [3.63, 3.8) is 0 Å². The lowest BCUT2D eigenvalue weighted by molar-refractivity contribution is -0.134. The number of carboxylic acids is 1. The van der Waals surface area contributed by atoms with Crippen LogP contribution in [0.3, 0.4) is 0 Å². The van der Waals surface area contributed by atoms with Gasteiger partial charge in [-0.1, -0.05) is 18.2 Å². The summed E-state index contributed by atoms with van der Waals surface area (Å²) in [6.07, 6.45) is 0. The van der Waals surface area contributed by atoms with Crippen LogP contribution in [0.1, 0.15) is 6.92 Å². The molecule has 0 aliphatic rings. The second-order valence-electron chi connectivity index (χ2n) is 2.47. The van der Waals surface area contributed by atoms with E-state index in [-0.39, 0.29) is 0 Å². The van der Waals surface area contributed by atoms with Gasteiger partial charge in [0.15, 0.2) is 0 Å². The van der Waals surface area contributed by atoms with Crippen molar-refractivity contribution in [1.82, 2.24) is 0 Å². The molecular weight excluding hydrogens is 168 g/mol. The Morgan fingerprint density at radius 3 is 2.00 bits per heavy atom. The van der Waals surface area contributed by atoms with E-state index < -0.39 is 5.97 Å². The van der Waals surface area contributed by atoms with Crippen LogP contribution in [0.25, 0.3) is 0 Å². The molecule has 0 saturated heterocycles. The van der Waals surface area contributed by atoms with Gasteiger partial charge in [0.2, 0.25) is 0 Å². The summed E-state index contributed by atoms with van der Waals surface area (Å²) in [5.41, 5.74) is 1.03. The normalized spacial score (nSPS) is 8.23. The van der Waals surface area contributed by atoms with Crippen LogP contribution in [0, 0.1) is 0 Å². The topological polar surface area (TPSA) is 66.6 Å². The summed E-state index contributed by atoms with van der Waals surface area (Å²) in [4.78, 5) is 9.00. The minimum atomic E-state index is -0.833. The summed E-state index contributed by atoms with van der Waals surface area (Å²) in [5.74, 6) is 4.61. The number of hydrogen-bond acceptors (Lipinski definition) is 3. The standard InChI is InChI=1S/C7H10N2.C2H4O2/c1-9(8)7-5-3-2-4-6-7;1-2(3)4/h2-6H,8H2,1H3;1H3,(H,3,4). The maximum atomic E-state index is 9.00. The molecule has 0 spiro atoms. The fourth-order valence-corrected chi connectivity index (χ4v) is 0.663. The molecule has 4 nitrogen and oxygen atoms in total. The lowest BCUT2D eigenvalue weighted by atomic mass is 10.3. The second-order valence-corrected chi connectivity index (χ2v) is 2.47. The molecule has 0 saturated carbocycles. The average molecular weight is 182 g/mol. The predicted molar refractivity (Wildman–Crippen MR) is 52.3 cm³/mol. The van der Waals surface area contributed by atoms with Crippen molar-refractivity contribution in [3.05, 3.63) is 30.3 Å². The van der Waals surface area contributed by atoms with E-state index in [9.17, 15) is 0 Å². The van der Waals surface area contributed by atoms with E-state index in [1.807, 2.05) is 37.4 Å². The highest BCUT2D eigenvalue weighted by Crippen LogP contribution is 2.05. The lowest BCUT2D eigenvalue weighted by Gasteiger charge is -2.09. The van der Waals surface area contributed by atoms with E-state index in [1.54, 1.807) is 5.01 Å². The quantitative estimate of drug-likeness (QED) is 0.504. The van der Waals surface area contributed by atoms with E-state index in [4.69, 9.17) is 15.7 Å². The molecular formula is C9H14N2O2. The summed E-state index contributed by atoms with van der Waals surface area (Å²) < 4.78 is 0. The molecule has 0 amide bonds. The van der Waals surface area contributed by atoms with Gasteiger partial charge in [-0.2, -0.15) is 0 Å². The van der Waals surface area contributed by atoms with Crippen molar-refractivity contribution in [1.29, 1.82) is 0 Å². The van der Waals surface area contributed by atoms with Gasteiger partial charge in [-0.3, -0.25) is 4.79 Å². The summed E-state index contributed by atoms with van der Waals surface area (Å²) in [5, 5.41) is 9.00. The number of benzene rings is 1. The van der Waals surface area contributed by atoms with Crippen LogP contribution in [0.2, 0.25) is 0 Å². The Kier molecular flexibility index (Phi) is 5.30. The Hall–Kier alpha value is -1.55. The number of nitrogens with zero attached hydrogens (tertiary/aromatic N) is 1. The molecule has 4 heteroatoms. The number of carbonyl (C=O) groups is 1. The van der Waals surface area contributed by atoms with E-state index in [1.165, 1.54) is 0 Å². The Labute approximate surface area is 77.6 Å². The highest BCUT2D eigenvalue weighted by atomic mass is 16.4. The molecule has 0 fully saturated rings. The monoisotopic (exact) mass is 182 g/mol. The number of anilines is 1. The van der Waals surface area contributed by atoms with Crippen molar-refractivity contribution < 1.29 is 9.90 Å². The summed E-state index contributed by atoms with van der Waals surface area (Å²) >= 11 is 0. The predicted octanol–water partition coefficient (Wildman–Crippen LogP) is 1.09. The zero-order valence-electron chi connectivity index (χ0n) is 7.77. The first-order chi connectivity index (χ1) is 6.04. The number of para-hydroxylation sites is 1. The first-order valence-electron chi connectivity index (χ1n) is 3.77. The Morgan fingerprint density at radius 2 is 1.77 bits per heavy atom. The van der Waals surface area contributed by atoms with Crippen LogP contribution in [0.4, 0.5) is 5.69 Å². The molecule has 0 aliphatic carbocycles. The highest BCUT2D eigenvalue weighted by molar-refractivity contribution is 5.62. The summed E-state index contributed by atoms with van der Waals surface area (Å²) in [6, 6.07) is 9.80. The fraction of sp³-hybridized carbons (Fsp3) is 0.222. The molecule has 0 radical (unpaired) electrons. The van der Waals surface area contributed by atoms with Crippen molar-refractivity contribution in [2.45, 2.75) is 6.92 Å². The van der Waals surface area contributed by atoms with Gasteiger partial charge in [-0.25, -0.2) is 5.84 Å². The minimum absolute atomic E-state index is 0.833. The van der Waals surface area contributed by atoms with Gasteiger partial charge in [0.1, 0.15) is 0 Å². The van der Waals surface area contributed by atoms with Crippen LogP contribution in [-0.2, 0) is 4.79 Å². The van der Waals surface area contributed by atoms with Gasteiger partial charge >= 0.3 is 0 Å². The van der Waals surface area contributed by atoms with E-state index in [0.717, 1.165) is 12.6 Å². The van der Waals surface area contributed by atoms with Gasteiger partial charge in [0, 0.05) is 14.0 Å². The molecule has 0 aliphatic heterocycles. The van der Waals surface area contributed by atoms with Gasteiger partial charge in [-0.15, -0.1) is 0 Å². The van der Waals surface area contributed by atoms with Crippen LogP contribution in [0.15, 0.2) is 30.3 Å². The molecule has 0 heterocycles. The highest BCUT2D eigenvalue weighted by Gasteiger charge is 1.88. The first kappa shape index (κ1) is 11.4. The molecule has 0 atom stereocenters. The van der Waals surface area contributed by atoms with Gasteiger partial charge in [0.25, 0.3) is 5.97 Å². The Balaban J connectivity index is 0.000000310. The molecule has 72 valence electrons. The number of nitrogens with two attached hydrogens (primary N) is 1. The summed E-state index contributed by atoms with van der Waals surface area (Å²) in [6.45, 7) is 1.08. The van der Waals surface area contributed by atoms with Crippen molar-refractivity contribution in [3.8, 4) is 0 Å². The molecule has 1 aromatic rings. The lowest BCUT2D eigenvalue weighted by Crippen LogP contribution is -2.24. The second kappa shape index (κ2) is 6.02. The largest absolute Gasteiger partial charge is 0.481 e. The average Bonchev–Trinajstić information content (AvgIpc) is 2.05. The molecule has 13 heavy (non-hydrogen) atoms. The van der Waals surface area contributed by atoms with Gasteiger partial charge < -0.3 is 10.1 Å². The number of rotatable bonds is 1. The molecule has 1 aromatic carbocycles. The maximum absolute atomic E-state index is 9.00. The third-order valence-electron chi connectivity index (χ3n) is 1.16. The SMILES string of the molecule is CC(=O)O.CN(N)c1ccccc1. The van der Waals surface area contributed by atoms with Crippen molar-refractivity contribution >= 4 is 11.7 Å². The molecule has 0 bridgehead atoms.